The van der Waals surface area contributed by atoms with Gasteiger partial charge in [-0.2, -0.15) is 5.10 Å². The number of hydrogen-bond donors (Lipinski definition) is 1. The van der Waals surface area contributed by atoms with Gasteiger partial charge in [0.25, 0.3) is 5.91 Å². The number of carbonyl (C=O) groups is 1. The Morgan fingerprint density at radius 2 is 2.11 bits per heavy atom. The van der Waals surface area contributed by atoms with Gasteiger partial charge in [0.15, 0.2) is 17.3 Å². The highest BCUT2D eigenvalue weighted by Crippen LogP contribution is 2.28. The zero-order chi connectivity index (χ0) is 19.8. The quantitative estimate of drug-likeness (QED) is 0.576. The molecule has 0 aliphatic carbocycles. The second-order valence-electron chi connectivity index (χ2n) is 6.23. The van der Waals surface area contributed by atoms with Gasteiger partial charge in [-0.05, 0) is 42.3 Å². The highest BCUT2D eigenvalue weighted by molar-refractivity contribution is 5.94. The number of pyridine rings is 1. The van der Waals surface area contributed by atoms with Crippen LogP contribution >= 0.6 is 0 Å². The molecule has 0 spiro atoms. The average Bonchev–Trinajstić information content (AvgIpc) is 3.27. The molecule has 0 aliphatic rings. The van der Waals surface area contributed by atoms with Crippen molar-refractivity contribution in [2.45, 2.75) is 26.3 Å². The van der Waals surface area contributed by atoms with Crippen LogP contribution in [0, 0.1) is 0 Å². The van der Waals surface area contributed by atoms with E-state index in [1.807, 2.05) is 24.4 Å². The topological polar surface area (TPSA) is 78.3 Å². The number of benzene rings is 1. The molecular formula is C21H24N4O3. The Kier molecular flexibility index (Phi) is 6.62. The van der Waals surface area contributed by atoms with Crippen LogP contribution in [0.2, 0.25) is 0 Å². The minimum atomic E-state index is -0.186. The minimum absolute atomic E-state index is 0.186. The molecule has 3 rings (SSSR count). The van der Waals surface area contributed by atoms with Crippen LogP contribution in [0.1, 0.15) is 35.7 Å². The zero-order valence-corrected chi connectivity index (χ0v) is 16.1. The predicted octanol–water partition coefficient (Wildman–Crippen LogP) is 3.38. The van der Waals surface area contributed by atoms with Crippen molar-refractivity contribution in [1.29, 1.82) is 0 Å². The van der Waals surface area contributed by atoms with Gasteiger partial charge in [0.1, 0.15) is 0 Å². The molecule has 2 aromatic heterocycles. The van der Waals surface area contributed by atoms with Crippen LogP contribution in [0.25, 0.3) is 5.82 Å². The van der Waals surface area contributed by atoms with Crippen molar-refractivity contribution in [2.24, 2.45) is 0 Å². The summed E-state index contributed by atoms with van der Waals surface area (Å²) in [6, 6.07) is 10.8. The summed E-state index contributed by atoms with van der Waals surface area (Å²) < 4.78 is 12.7. The van der Waals surface area contributed by atoms with Crippen LogP contribution in [-0.4, -0.2) is 34.4 Å². The minimum Gasteiger partial charge on any atom is -0.493 e. The molecule has 1 N–H and O–H groups in total. The molecule has 0 bridgehead atoms. The number of nitrogens with zero attached hydrogens (tertiary/aromatic N) is 3. The van der Waals surface area contributed by atoms with Gasteiger partial charge in [0, 0.05) is 30.7 Å². The fraction of sp³-hybridized carbons (Fsp3) is 0.286. The number of rotatable bonds is 9. The average molecular weight is 380 g/mol. The monoisotopic (exact) mass is 380 g/mol. The number of aromatic nitrogens is 3. The molecular weight excluding hydrogens is 356 g/mol. The van der Waals surface area contributed by atoms with E-state index in [1.165, 1.54) is 0 Å². The van der Waals surface area contributed by atoms with Crippen molar-refractivity contribution in [1.82, 2.24) is 20.1 Å². The van der Waals surface area contributed by atoms with Crippen molar-refractivity contribution in [3.63, 3.8) is 0 Å². The number of amides is 1. The Morgan fingerprint density at radius 1 is 1.21 bits per heavy atom. The van der Waals surface area contributed by atoms with Crippen LogP contribution in [0.4, 0.5) is 0 Å². The van der Waals surface area contributed by atoms with E-state index in [9.17, 15) is 4.79 Å². The Bertz CT molecular complexity index is 893. The van der Waals surface area contributed by atoms with Crippen molar-refractivity contribution in [3.05, 3.63) is 66.1 Å². The second-order valence-corrected chi connectivity index (χ2v) is 6.23. The third-order valence-corrected chi connectivity index (χ3v) is 4.18. The lowest BCUT2D eigenvalue weighted by atomic mass is 10.1. The predicted molar refractivity (Wildman–Crippen MR) is 106 cm³/mol. The summed E-state index contributed by atoms with van der Waals surface area (Å²) in [6.07, 6.45) is 7.28. The largest absolute Gasteiger partial charge is 0.493 e. The van der Waals surface area contributed by atoms with Gasteiger partial charge < -0.3 is 14.8 Å². The number of unbranched alkanes of at least 4 members (excludes halogenated alkanes) is 1. The Morgan fingerprint density at radius 3 is 2.79 bits per heavy atom. The standard InChI is InChI=1S/C21H24N4O3/c1-3-4-12-28-18-8-7-17(13-19(18)27-2)21(26)23-15-16-6-9-20(22-14-16)25-11-5-10-24-25/h5-11,13-14H,3-4,12,15H2,1-2H3,(H,23,26). The van der Waals surface area contributed by atoms with Gasteiger partial charge in [0.2, 0.25) is 0 Å². The molecule has 0 saturated carbocycles. The number of nitrogens with one attached hydrogen (secondary N) is 1. The summed E-state index contributed by atoms with van der Waals surface area (Å²) in [4.78, 5) is 16.8. The Balaban J connectivity index is 1.59. The molecule has 1 aromatic carbocycles. The molecule has 146 valence electrons. The van der Waals surface area contributed by atoms with E-state index in [-0.39, 0.29) is 5.91 Å². The van der Waals surface area contributed by atoms with E-state index in [2.05, 4.69) is 22.3 Å². The van der Waals surface area contributed by atoms with Crippen LogP contribution in [0.15, 0.2) is 55.0 Å². The maximum atomic E-state index is 12.5. The summed E-state index contributed by atoms with van der Waals surface area (Å²) in [7, 11) is 1.57. The lowest BCUT2D eigenvalue weighted by Crippen LogP contribution is -2.23. The zero-order valence-electron chi connectivity index (χ0n) is 16.1. The third kappa shape index (κ3) is 4.88. The first-order valence-electron chi connectivity index (χ1n) is 9.25. The van der Waals surface area contributed by atoms with Gasteiger partial charge in [-0.15, -0.1) is 0 Å². The number of hydrogen-bond acceptors (Lipinski definition) is 5. The molecule has 2 heterocycles. The molecule has 28 heavy (non-hydrogen) atoms. The van der Waals surface area contributed by atoms with Crippen molar-refractivity contribution < 1.29 is 14.3 Å². The summed E-state index contributed by atoms with van der Waals surface area (Å²) >= 11 is 0. The molecule has 0 unspecified atom stereocenters. The number of carbonyl (C=O) groups excluding carboxylic acids is 1. The van der Waals surface area contributed by atoms with Gasteiger partial charge in [-0.25, -0.2) is 9.67 Å². The van der Waals surface area contributed by atoms with E-state index in [1.54, 1.807) is 42.4 Å². The highest BCUT2D eigenvalue weighted by atomic mass is 16.5. The van der Waals surface area contributed by atoms with E-state index >= 15 is 0 Å². The molecule has 0 atom stereocenters. The summed E-state index contributed by atoms with van der Waals surface area (Å²) in [6.45, 7) is 3.11. The van der Waals surface area contributed by atoms with E-state index < -0.39 is 0 Å². The van der Waals surface area contributed by atoms with E-state index in [0.29, 0.717) is 30.2 Å². The number of ether oxygens (including phenoxy) is 2. The molecule has 3 aromatic rings. The normalized spacial score (nSPS) is 10.5. The smallest absolute Gasteiger partial charge is 0.251 e. The first-order valence-corrected chi connectivity index (χ1v) is 9.25. The first kappa shape index (κ1) is 19.4. The van der Waals surface area contributed by atoms with Gasteiger partial charge in [0.05, 0.1) is 13.7 Å². The number of methoxy groups -OCH3 is 1. The Labute approximate surface area is 164 Å². The van der Waals surface area contributed by atoms with Crippen molar-refractivity contribution in [2.75, 3.05) is 13.7 Å². The lowest BCUT2D eigenvalue weighted by Gasteiger charge is -2.12. The van der Waals surface area contributed by atoms with Gasteiger partial charge >= 0.3 is 0 Å². The van der Waals surface area contributed by atoms with Crippen LogP contribution in [0.5, 0.6) is 11.5 Å². The van der Waals surface area contributed by atoms with Crippen LogP contribution in [0.3, 0.4) is 0 Å². The second kappa shape index (κ2) is 9.55. The van der Waals surface area contributed by atoms with Crippen molar-refractivity contribution >= 4 is 5.91 Å². The fourth-order valence-electron chi connectivity index (χ4n) is 2.60. The summed E-state index contributed by atoms with van der Waals surface area (Å²) in [5.74, 6) is 1.73. The molecule has 0 radical (unpaired) electrons. The first-order chi connectivity index (χ1) is 13.7. The third-order valence-electron chi connectivity index (χ3n) is 4.18. The maximum absolute atomic E-state index is 12.5. The molecule has 7 heteroatoms. The van der Waals surface area contributed by atoms with Crippen LogP contribution in [-0.2, 0) is 6.54 Å². The molecule has 0 fully saturated rings. The van der Waals surface area contributed by atoms with E-state index in [4.69, 9.17) is 9.47 Å². The molecule has 0 aliphatic heterocycles. The summed E-state index contributed by atoms with van der Waals surface area (Å²) in [5, 5.41) is 7.03. The molecule has 0 saturated heterocycles. The summed E-state index contributed by atoms with van der Waals surface area (Å²) in [5.41, 5.74) is 1.41. The molecule has 7 nitrogen and oxygen atoms in total. The maximum Gasteiger partial charge on any atom is 0.251 e. The SMILES string of the molecule is CCCCOc1ccc(C(=O)NCc2ccc(-n3cccn3)nc2)cc1OC. The van der Waals surface area contributed by atoms with E-state index in [0.717, 1.165) is 24.2 Å². The van der Waals surface area contributed by atoms with Crippen molar-refractivity contribution in [3.8, 4) is 17.3 Å². The molecule has 1 amide bonds. The van der Waals surface area contributed by atoms with Gasteiger partial charge in [-0.3, -0.25) is 4.79 Å². The van der Waals surface area contributed by atoms with Gasteiger partial charge in [-0.1, -0.05) is 19.4 Å². The van der Waals surface area contributed by atoms with Crippen LogP contribution < -0.4 is 14.8 Å². The fourth-order valence-corrected chi connectivity index (χ4v) is 2.60. The Hall–Kier alpha value is -3.35. The lowest BCUT2D eigenvalue weighted by molar-refractivity contribution is 0.0950. The highest BCUT2D eigenvalue weighted by Gasteiger charge is 2.11.